The number of hydrogen-bond acceptors (Lipinski definition) is 2. The molecule has 0 saturated carbocycles. The highest BCUT2D eigenvalue weighted by molar-refractivity contribution is 9.10. The van der Waals surface area contributed by atoms with Gasteiger partial charge in [-0.2, -0.15) is 0 Å². The van der Waals surface area contributed by atoms with E-state index in [9.17, 15) is 4.79 Å². The Bertz CT molecular complexity index is 835. The smallest absolute Gasteiger partial charge is 0.179 e. The highest BCUT2D eigenvalue weighted by Crippen LogP contribution is 2.26. The molecule has 2 aromatic carbocycles. The zero-order valence-electron chi connectivity index (χ0n) is 12.4. The molecule has 0 bridgehead atoms. The van der Waals surface area contributed by atoms with Gasteiger partial charge in [-0.15, -0.1) is 0 Å². The quantitative estimate of drug-likeness (QED) is 0.632. The molecule has 0 unspecified atom stereocenters. The van der Waals surface area contributed by atoms with Crippen molar-refractivity contribution in [3.8, 4) is 17.1 Å². The van der Waals surface area contributed by atoms with Gasteiger partial charge in [0.2, 0.25) is 0 Å². The molecule has 22 heavy (non-hydrogen) atoms. The predicted molar refractivity (Wildman–Crippen MR) is 91.4 cm³/mol. The second kappa shape index (κ2) is 5.89. The van der Waals surface area contributed by atoms with Gasteiger partial charge in [-0.1, -0.05) is 40.2 Å². The Balaban J connectivity index is 2.23. The fourth-order valence-electron chi connectivity index (χ4n) is 2.36. The van der Waals surface area contributed by atoms with Gasteiger partial charge in [0, 0.05) is 28.8 Å². The van der Waals surface area contributed by atoms with Crippen LogP contribution in [0.1, 0.15) is 23.0 Å². The molecule has 1 aromatic heterocycles. The summed E-state index contributed by atoms with van der Waals surface area (Å²) < 4.78 is 2.98. The Morgan fingerprint density at radius 1 is 1.09 bits per heavy atom. The first-order valence-corrected chi connectivity index (χ1v) is 7.78. The summed E-state index contributed by atoms with van der Waals surface area (Å²) in [4.78, 5) is 16.3. The van der Waals surface area contributed by atoms with Gasteiger partial charge >= 0.3 is 0 Å². The molecule has 3 aromatic rings. The number of aryl methyl sites for hydroxylation is 1. The summed E-state index contributed by atoms with van der Waals surface area (Å²) in [6.07, 6.45) is 1.80. The minimum atomic E-state index is -0.0364. The summed E-state index contributed by atoms with van der Waals surface area (Å²) in [6.45, 7) is 3.58. The standard InChI is InChI=1S/C18H15BrN2O/c1-12-5-3-4-6-16(12)18-20-17(13(2)22)11-21(18)15-9-7-14(19)8-10-15/h3-11H,1-2H3. The lowest BCUT2D eigenvalue weighted by Crippen LogP contribution is -1.97. The Morgan fingerprint density at radius 2 is 1.77 bits per heavy atom. The van der Waals surface area contributed by atoms with Crippen LogP contribution in [0.15, 0.2) is 59.2 Å². The number of nitrogens with zero attached hydrogens (tertiary/aromatic N) is 2. The summed E-state index contributed by atoms with van der Waals surface area (Å²) in [7, 11) is 0. The number of carbonyl (C=O) groups is 1. The highest BCUT2D eigenvalue weighted by atomic mass is 79.9. The van der Waals surface area contributed by atoms with E-state index in [0.717, 1.165) is 27.1 Å². The molecule has 0 amide bonds. The largest absolute Gasteiger partial charge is 0.299 e. The molecule has 0 spiro atoms. The third-order valence-corrected chi connectivity index (χ3v) is 4.09. The number of carbonyl (C=O) groups excluding carboxylic acids is 1. The first kappa shape index (κ1) is 14.7. The van der Waals surface area contributed by atoms with Gasteiger partial charge in [-0.25, -0.2) is 4.98 Å². The molecule has 0 radical (unpaired) electrons. The van der Waals surface area contributed by atoms with E-state index < -0.39 is 0 Å². The van der Waals surface area contributed by atoms with Crippen LogP contribution in [-0.2, 0) is 0 Å². The van der Waals surface area contributed by atoms with E-state index in [-0.39, 0.29) is 5.78 Å². The van der Waals surface area contributed by atoms with E-state index in [2.05, 4.69) is 20.9 Å². The van der Waals surface area contributed by atoms with Crippen LogP contribution in [0.3, 0.4) is 0 Å². The molecule has 0 aliphatic carbocycles. The Kier molecular flexibility index (Phi) is 3.94. The van der Waals surface area contributed by atoms with Gasteiger partial charge in [0.15, 0.2) is 5.78 Å². The van der Waals surface area contributed by atoms with E-state index in [1.54, 1.807) is 6.20 Å². The van der Waals surface area contributed by atoms with Crippen LogP contribution in [0.4, 0.5) is 0 Å². The SMILES string of the molecule is CC(=O)c1cn(-c2ccc(Br)cc2)c(-c2ccccc2C)n1. The minimum absolute atomic E-state index is 0.0364. The fourth-order valence-corrected chi connectivity index (χ4v) is 2.63. The maximum Gasteiger partial charge on any atom is 0.179 e. The second-order valence-electron chi connectivity index (χ2n) is 5.17. The Labute approximate surface area is 137 Å². The molecule has 0 aliphatic heterocycles. The molecule has 4 heteroatoms. The summed E-state index contributed by atoms with van der Waals surface area (Å²) >= 11 is 3.44. The van der Waals surface area contributed by atoms with E-state index in [4.69, 9.17) is 0 Å². The molecule has 0 saturated heterocycles. The van der Waals surface area contributed by atoms with Gasteiger partial charge in [-0.05, 0) is 36.8 Å². The van der Waals surface area contributed by atoms with Crippen molar-refractivity contribution in [3.63, 3.8) is 0 Å². The number of benzene rings is 2. The monoisotopic (exact) mass is 354 g/mol. The third kappa shape index (κ3) is 2.74. The van der Waals surface area contributed by atoms with E-state index in [1.165, 1.54) is 6.92 Å². The maximum absolute atomic E-state index is 11.7. The Hall–Kier alpha value is -2.20. The molecule has 3 nitrogen and oxygen atoms in total. The average Bonchev–Trinajstić information content (AvgIpc) is 2.94. The first-order chi connectivity index (χ1) is 10.6. The van der Waals surface area contributed by atoms with E-state index in [1.807, 2.05) is 60.0 Å². The number of aromatic nitrogens is 2. The third-order valence-electron chi connectivity index (χ3n) is 3.56. The van der Waals surface area contributed by atoms with E-state index in [0.29, 0.717) is 5.69 Å². The number of rotatable bonds is 3. The van der Waals surface area contributed by atoms with Crippen molar-refractivity contribution in [2.24, 2.45) is 0 Å². The summed E-state index contributed by atoms with van der Waals surface area (Å²) in [5.74, 6) is 0.747. The zero-order chi connectivity index (χ0) is 15.7. The van der Waals surface area contributed by atoms with Crippen LogP contribution in [0, 0.1) is 6.92 Å². The lowest BCUT2D eigenvalue weighted by molar-refractivity contribution is 0.101. The lowest BCUT2D eigenvalue weighted by Gasteiger charge is -2.09. The lowest BCUT2D eigenvalue weighted by atomic mass is 10.1. The molecule has 0 N–H and O–H groups in total. The van der Waals surface area contributed by atoms with Gasteiger partial charge in [0.1, 0.15) is 11.5 Å². The number of ketones is 1. The van der Waals surface area contributed by atoms with Crippen LogP contribution < -0.4 is 0 Å². The van der Waals surface area contributed by atoms with Crippen molar-refractivity contribution in [2.45, 2.75) is 13.8 Å². The fraction of sp³-hybridized carbons (Fsp3) is 0.111. The molecule has 0 fully saturated rings. The zero-order valence-corrected chi connectivity index (χ0v) is 14.0. The van der Waals surface area contributed by atoms with Crippen LogP contribution >= 0.6 is 15.9 Å². The minimum Gasteiger partial charge on any atom is -0.299 e. The van der Waals surface area contributed by atoms with Crippen molar-refractivity contribution in [3.05, 3.63) is 70.5 Å². The van der Waals surface area contributed by atoms with Crippen molar-refractivity contribution >= 4 is 21.7 Å². The Morgan fingerprint density at radius 3 is 2.41 bits per heavy atom. The van der Waals surface area contributed by atoms with Crippen LogP contribution in [-0.4, -0.2) is 15.3 Å². The van der Waals surface area contributed by atoms with E-state index >= 15 is 0 Å². The van der Waals surface area contributed by atoms with Crippen molar-refractivity contribution < 1.29 is 4.79 Å². The van der Waals surface area contributed by atoms with Gasteiger partial charge in [-0.3, -0.25) is 9.36 Å². The van der Waals surface area contributed by atoms with Gasteiger partial charge in [0.05, 0.1) is 0 Å². The maximum atomic E-state index is 11.7. The molecule has 3 rings (SSSR count). The predicted octanol–water partition coefficient (Wildman–Crippen LogP) is 4.81. The summed E-state index contributed by atoms with van der Waals surface area (Å²) in [5, 5.41) is 0. The van der Waals surface area contributed by atoms with Crippen molar-refractivity contribution in [1.82, 2.24) is 9.55 Å². The molecule has 0 aliphatic rings. The number of hydrogen-bond donors (Lipinski definition) is 0. The molecule has 1 heterocycles. The van der Waals surface area contributed by atoms with Crippen LogP contribution in [0.5, 0.6) is 0 Å². The van der Waals surface area contributed by atoms with Gasteiger partial charge < -0.3 is 0 Å². The van der Waals surface area contributed by atoms with Crippen molar-refractivity contribution in [2.75, 3.05) is 0 Å². The van der Waals surface area contributed by atoms with Gasteiger partial charge in [0.25, 0.3) is 0 Å². The molecular formula is C18H15BrN2O. The number of halogens is 1. The number of Topliss-reactive ketones (excluding diaryl/α,β-unsaturated/α-hetero) is 1. The first-order valence-electron chi connectivity index (χ1n) is 6.98. The highest BCUT2D eigenvalue weighted by Gasteiger charge is 2.15. The summed E-state index contributed by atoms with van der Waals surface area (Å²) in [5.41, 5.74) is 3.60. The number of imidazole rings is 1. The topological polar surface area (TPSA) is 34.9 Å². The van der Waals surface area contributed by atoms with Crippen LogP contribution in [0.2, 0.25) is 0 Å². The van der Waals surface area contributed by atoms with Crippen molar-refractivity contribution in [1.29, 1.82) is 0 Å². The summed E-state index contributed by atoms with van der Waals surface area (Å²) in [6, 6.07) is 16.0. The molecule has 0 atom stereocenters. The normalized spacial score (nSPS) is 10.7. The average molecular weight is 355 g/mol. The molecule has 110 valence electrons. The van der Waals surface area contributed by atoms with Crippen LogP contribution in [0.25, 0.3) is 17.1 Å². The second-order valence-corrected chi connectivity index (χ2v) is 6.08. The molecular weight excluding hydrogens is 340 g/mol.